The molecule has 1 aromatic carbocycles. The fourth-order valence-corrected chi connectivity index (χ4v) is 3.00. The Hall–Kier alpha value is -2.32. The topological polar surface area (TPSA) is 99.9 Å². The van der Waals surface area contributed by atoms with Crippen molar-refractivity contribution in [2.45, 2.75) is 19.9 Å². The number of nitrogen functional groups attached to an aromatic ring is 1. The van der Waals surface area contributed by atoms with Crippen LogP contribution < -0.4 is 11.5 Å². The molecule has 25 heavy (non-hydrogen) atoms. The van der Waals surface area contributed by atoms with Crippen LogP contribution in [0.5, 0.6) is 0 Å². The molecule has 0 saturated carbocycles. The molecule has 2 aromatic rings. The standard InChI is InChI=1S/C17H23N3O5/c1-2-24-16(21)12-10-14-15(11-13(12)18)25-17(22)20(14)5-3-4-19-6-8-23-9-7-19/h10-11H,2-9,18H2,1H3. The minimum atomic E-state index is -0.504. The third kappa shape index (κ3) is 3.85. The van der Waals surface area contributed by atoms with Crippen LogP contribution in [0.3, 0.4) is 0 Å². The van der Waals surface area contributed by atoms with Crippen LogP contribution in [0.15, 0.2) is 21.3 Å². The molecule has 0 atom stereocenters. The number of oxazole rings is 1. The lowest BCUT2D eigenvalue weighted by Crippen LogP contribution is -2.37. The fourth-order valence-electron chi connectivity index (χ4n) is 3.00. The highest BCUT2D eigenvalue weighted by atomic mass is 16.5. The van der Waals surface area contributed by atoms with Crippen molar-refractivity contribution in [1.82, 2.24) is 9.47 Å². The van der Waals surface area contributed by atoms with Gasteiger partial charge >= 0.3 is 11.7 Å². The number of hydrogen-bond donors (Lipinski definition) is 1. The SMILES string of the molecule is CCOC(=O)c1cc2c(cc1N)oc(=O)n2CCCN1CCOCC1. The average Bonchev–Trinajstić information content (AvgIpc) is 2.90. The Morgan fingerprint density at radius 1 is 1.28 bits per heavy atom. The fraction of sp³-hybridized carbons (Fsp3) is 0.529. The van der Waals surface area contributed by atoms with E-state index in [1.165, 1.54) is 10.6 Å². The number of esters is 1. The van der Waals surface area contributed by atoms with Crippen molar-refractivity contribution >= 4 is 22.8 Å². The summed E-state index contributed by atoms with van der Waals surface area (Å²) < 4.78 is 17.1. The highest BCUT2D eigenvalue weighted by Gasteiger charge is 2.17. The zero-order valence-electron chi connectivity index (χ0n) is 14.3. The molecule has 1 saturated heterocycles. The molecule has 8 nitrogen and oxygen atoms in total. The van der Waals surface area contributed by atoms with Crippen molar-refractivity contribution in [2.75, 3.05) is 45.2 Å². The molecule has 3 rings (SSSR count). The van der Waals surface area contributed by atoms with Gasteiger partial charge in [0.15, 0.2) is 5.58 Å². The van der Waals surface area contributed by atoms with Crippen molar-refractivity contribution < 1.29 is 18.7 Å². The van der Waals surface area contributed by atoms with Gasteiger partial charge in [-0.15, -0.1) is 0 Å². The maximum atomic E-state index is 12.1. The number of carbonyl (C=O) groups is 1. The van der Waals surface area contributed by atoms with Gasteiger partial charge in [0.2, 0.25) is 0 Å². The number of anilines is 1. The monoisotopic (exact) mass is 349 g/mol. The lowest BCUT2D eigenvalue weighted by atomic mass is 10.1. The first-order valence-electron chi connectivity index (χ1n) is 8.50. The molecule has 0 amide bonds. The number of ether oxygens (including phenoxy) is 2. The van der Waals surface area contributed by atoms with Crippen LogP contribution >= 0.6 is 0 Å². The highest BCUT2D eigenvalue weighted by molar-refractivity contribution is 5.99. The van der Waals surface area contributed by atoms with Gasteiger partial charge in [-0.25, -0.2) is 9.59 Å². The van der Waals surface area contributed by atoms with E-state index in [9.17, 15) is 9.59 Å². The van der Waals surface area contributed by atoms with Gasteiger partial charge in [-0.1, -0.05) is 0 Å². The number of nitrogens with two attached hydrogens (primary N) is 1. The van der Waals surface area contributed by atoms with Gasteiger partial charge in [0.25, 0.3) is 0 Å². The number of aryl methyl sites for hydroxylation is 1. The number of hydrogen-bond acceptors (Lipinski definition) is 7. The van der Waals surface area contributed by atoms with Crippen LogP contribution in [0.1, 0.15) is 23.7 Å². The third-order valence-electron chi connectivity index (χ3n) is 4.29. The molecule has 8 heteroatoms. The number of rotatable bonds is 6. The van der Waals surface area contributed by atoms with Gasteiger partial charge in [-0.3, -0.25) is 9.47 Å². The van der Waals surface area contributed by atoms with Crippen molar-refractivity contribution in [3.63, 3.8) is 0 Å². The second kappa shape index (κ2) is 7.71. The summed E-state index contributed by atoms with van der Waals surface area (Å²) in [6.45, 7) is 6.68. The maximum Gasteiger partial charge on any atom is 0.419 e. The summed E-state index contributed by atoms with van der Waals surface area (Å²) in [5, 5.41) is 0. The first-order valence-corrected chi connectivity index (χ1v) is 8.50. The number of aromatic nitrogens is 1. The number of benzene rings is 1. The van der Waals surface area contributed by atoms with E-state index in [1.54, 1.807) is 13.0 Å². The van der Waals surface area contributed by atoms with E-state index < -0.39 is 11.7 Å². The van der Waals surface area contributed by atoms with Gasteiger partial charge in [0.05, 0.1) is 30.9 Å². The minimum absolute atomic E-state index is 0.236. The second-order valence-corrected chi connectivity index (χ2v) is 5.95. The van der Waals surface area contributed by atoms with Crippen LogP contribution in [0, 0.1) is 0 Å². The van der Waals surface area contributed by atoms with Crippen molar-refractivity contribution in [2.24, 2.45) is 0 Å². The summed E-state index contributed by atoms with van der Waals surface area (Å²) in [6.07, 6.45) is 0.799. The molecule has 0 aliphatic carbocycles. The molecule has 136 valence electrons. The van der Waals surface area contributed by atoms with Crippen molar-refractivity contribution in [3.05, 3.63) is 28.2 Å². The predicted molar refractivity (Wildman–Crippen MR) is 92.7 cm³/mol. The van der Waals surface area contributed by atoms with E-state index in [1.807, 2.05) is 0 Å². The summed E-state index contributed by atoms with van der Waals surface area (Å²) in [5.74, 6) is -0.951. The van der Waals surface area contributed by atoms with Crippen molar-refractivity contribution in [3.8, 4) is 0 Å². The first-order chi connectivity index (χ1) is 12.1. The zero-order chi connectivity index (χ0) is 17.8. The Morgan fingerprint density at radius 2 is 2.04 bits per heavy atom. The molecule has 0 spiro atoms. The first kappa shape index (κ1) is 17.5. The van der Waals surface area contributed by atoms with Crippen LogP contribution in [0.2, 0.25) is 0 Å². The van der Waals surface area contributed by atoms with Crippen LogP contribution in [-0.2, 0) is 16.0 Å². The number of carbonyl (C=O) groups excluding carboxylic acids is 1. The minimum Gasteiger partial charge on any atom is -0.462 e. The zero-order valence-corrected chi connectivity index (χ0v) is 14.3. The molecule has 0 radical (unpaired) electrons. The lowest BCUT2D eigenvalue weighted by Gasteiger charge is -2.26. The molecule has 1 aliphatic heterocycles. The molecule has 1 aromatic heterocycles. The summed E-state index contributed by atoms with van der Waals surface area (Å²) in [5.41, 5.74) is 7.30. The smallest absolute Gasteiger partial charge is 0.419 e. The van der Waals surface area contributed by atoms with Crippen molar-refractivity contribution in [1.29, 1.82) is 0 Å². The Balaban J connectivity index is 1.79. The molecule has 2 N–H and O–H groups in total. The number of morpholine rings is 1. The molecular formula is C17H23N3O5. The molecule has 1 fully saturated rings. The number of nitrogens with zero attached hydrogens (tertiary/aromatic N) is 2. The number of fused-ring (bicyclic) bond motifs is 1. The molecule has 2 heterocycles. The second-order valence-electron chi connectivity index (χ2n) is 5.95. The quantitative estimate of drug-likeness (QED) is 0.615. The lowest BCUT2D eigenvalue weighted by molar-refractivity contribution is 0.0369. The summed E-state index contributed by atoms with van der Waals surface area (Å²) >= 11 is 0. The molecule has 0 unspecified atom stereocenters. The van der Waals surface area contributed by atoms with Gasteiger partial charge in [-0.05, 0) is 19.4 Å². The summed E-state index contributed by atoms with van der Waals surface area (Å²) in [4.78, 5) is 26.5. The average molecular weight is 349 g/mol. The Bertz CT molecular complexity index is 804. The van der Waals surface area contributed by atoms with Gasteiger partial charge in [0.1, 0.15) is 0 Å². The summed E-state index contributed by atoms with van der Waals surface area (Å²) in [7, 11) is 0. The predicted octanol–water partition coefficient (Wildman–Crippen LogP) is 1.08. The Morgan fingerprint density at radius 3 is 2.76 bits per heavy atom. The van der Waals surface area contributed by atoms with Crippen LogP contribution in [0.4, 0.5) is 5.69 Å². The van der Waals surface area contributed by atoms with E-state index >= 15 is 0 Å². The van der Waals surface area contributed by atoms with Gasteiger partial charge in [-0.2, -0.15) is 0 Å². The van der Waals surface area contributed by atoms with E-state index in [-0.39, 0.29) is 17.9 Å². The molecule has 1 aliphatic rings. The van der Waals surface area contributed by atoms with Gasteiger partial charge < -0.3 is 19.6 Å². The van der Waals surface area contributed by atoms with E-state index in [0.29, 0.717) is 17.6 Å². The van der Waals surface area contributed by atoms with E-state index in [0.717, 1.165) is 39.3 Å². The normalized spacial score (nSPS) is 15.6. The van der Waals surface area contributed by atoms with E-state index in [2.05, 4.69) is 4.90 Å². The molecule has 0 bridgehead atoms. The largest absolute Gasteiger partial charge is 0.462 e. The highest BCUT2D eigenvalue weighted by Crippen LogP contribution is 2.22. The Kier molecular flexibility index (Phi) is 5.40. The maximum absolute atomic E-state index is 12.1. The van der Waals surface area contributed by atoms with Gasteiger partial charge in [0, 0.05) is 37.9 Å². The Labute approximate surface area is 145 Å². The molecular weight excluding hydrogens is 326 g/mol. The third-order valence-corrected chi connectivity index (χ3v) is 4.29. The van der Waals surface area contributed by atoms with E-state index in [4.69, 9.17) is 19.6 Å². The summed E-state index contributed by atoms with van der Waals surface area (Å²) in [6, 6.07) is 3.07. The van der Waals surface area contributed by atoms with Crippen LogP contribution in [-0.4, -0.2) is 54.9 Å². The van der Waals surface area contributed by atoms with Crippen LogP contribution in [0.25, 0.3) is 11.1 Å².